The van der Waals surface area contributed by atoms with Crippen LogP contribution in [0.2, 0.25) is 0 Å². The topological polar surface area (TPSA) is 78.9 Å². The van der Waals surface area contributed by atoms with Crippen LogP contribution in [0.25, 0.3) is 0 Å². The van der Waals surface area contributed by atoms with Gasteiger partial charge in [0.05, 0.1) is 0 Å². The van der Waals surface area contributed by atoms with Gasteiger partial charge in [-0.3, -0.25) is 14.4 Å². The van der Waals surface area contributed by atoms with Crippen LogP contribution in [-0.2, 0) is 28.6 Å². The summed E-state index contributed by atoms with van der Waals surface area (Å²) in [7, 11) is 0. The Hall–Kier alpha value is -2.37. The summed E-state index contributed by atoms with van der Waals surface area (Å²) in [5, 5.41) is 0. The van der Waals surface area contributed by atoms with Crippen LogP contribution >= 0.6 is 0 Å². The number of ether oxygens (including phenoxy) is 3. The molecule has 0 aliphatic heterocycles. The smallest absolute Gasteiger partial charge is 0.306 e. The second-order valence-corrected chi connectivity index (χ2v) is 17.8. The van der Waals surface area contributed by atoms with Gasteiger partial charge in [-0.1, -0.05) is 218 Å². The summed E-state index contributed by atoms with van der Waals surface area (Å²) < 4.78 is 16.8. The monoisotopic (exact) mass is 857 g/mol. The first kappa shape index (κ1) is 58.6. The number of hydrogen-bond donors (Lipinski definition) is 0. The van der Waals surface area contributed by atoms with E-state index in [2.05, 4.69) is 57.2 Å². The molecule has 0 aromatic heterocycles. The van der Waals surface area contributed by atoms with E-state index in [1.807, 2.05) is 0 Å². The quantitative estimate of drug-likeness (QED) is 0.0262. The minimum absolute atomic E-state index is 0.0770. The molecule has 0 bridgehead atoms. The van der Waals surface area contributed by atoms with Gasteiger partial charge in [0.25, 0.3) is 0 Å². The average molecular weight is 857 g/mol. The molecule has 0 aliphatic carbocycles. The summed E-state index contributed by atoms with van der Waals surface area (Å²) in [4.78, 5) is 38.0. The Kier molecular flexibility index (Phi) is 48.3. The first-order chi connectivity index (χ1) is 30.0. The van der Waals surface area contributed by atoms with E-state index in [1.165, 1.54) is 154 Å². The highest BCUT2D eigenvalue weighted by Gasteiger charge is 2.19. The molecule has 1 unspecified atom stereocenters. The van der Waals surface area contributed by atoms with Gasteiger partial charge in [0.2, 0.25) is 0 Å². The third-order valence-electron chi connectivity index (χ3n) is 11.6. The molecule has 0 fully saturated rings. The van der Waals surface area contributed by atoms with E-state index < -0.39 is 6.10 Å². The lowest BCUT2D eigenvalue weighted by Gasteiger charge is -2.18. The Labute approximate surface area is 378 Å². The Morgan fingerprint density at radius 2 is 0.590 bits per heavy atom. The van der Waals surface area contributed by atoms with Gasteiger partial charge in [-0.25, -0.2) is 0 Å². The molecule has 0 saturated heterocycles. The van der Waals surface area contributed by atoms with E-state index in [-0.39, 0.29) is 31.1 Å². The molecule has 6 heteroatoms. The highest BCUT2D eigenvalue weighted by molar-refractivity contribution is 5.71. The van der Waals surface area contributed by atoms with Crippen LogP contribution in [0.5, 0.6) is 0 Å². The Morgan fingerprint density at radius 1 is 0.328 bits per heavy atom. The summed E-state index contributed by atoms with van der Waals surface area (Å²) in [5.74, 6) is -0.889. The molecule has 0 spiro atoms. The molecule has 0 heterocycles. The molecule has 0 N–H and O–H groups in total. The lowest BCUT2D eigenvalue weighted by molar-refractivity contribution is -0.167. The van der Waals surface area contributed by atoms with Gasteiger partial charge in [-0.05, 0) is 77.0 Å². The fourth-order valence-corrected chi connectivity index (χ4v) is 7.59. The molecule has 0 aliphatic rings. The van der Waals surface area contributed by atoms with Gasteiger partial charge in [0, 0.05) is 19.3 Å². The highest BCUT2D eigenvalue weighted by Crippen LogP contribution is 2.15. The van der Waals surface area contributed by atoms with Crippen molar-refractivity contribution in [3.8, 4) is 0 Å². The van der Waals surface area contributed by atoms with Crippen LogP contribution < -0.4 is 0 Å². The van der Waals surface area contributed by atoms with Gasteiger partial charge >= 0.3 is 17.9 Å². The molecular formula is C55H100O6. The van der Waals surface area contributed by atoms with Crippen LogP contribution in [0, 0.1) is 0 Å². The standard InChI is InChI=1S/C55H100O6/c1-4-7-10-13-16-19-22-25-27-28-31-33-36-39-42-45-48-54(57)60-51-52(50-59-53(56)47-44-41-38-35-32-29-24-21-18-15-12-9-6-3)61-55(58)49-46-43-40-37-34-30-26-23-20-17-14-11-8-5-2/h19,22-23,26-28,52H,4-18,20-21,24-25,29-51H2,1-3H3/b22-19-,26-23-,28-27-. The zero-order valence-corrected chi connectivity index (χ0v) is 40.7. The third kappa shape index (κ3) is 48.5. The molecular weight excluding hydrogens is 757 g/mol. The van der Waals surface area contributed by atoms with Crippen molar-refractivity contribution in [1.82, 2.24) is 0 Å². The summed E-state index contributed by atoms with van der Waals surface area (Å²) in [5.41, 5.74) is 0. The highest BCUT2D eigenvalue weighted by atomic mass is 16.6. The van der Waals surface area contributed by atoms with Gasteiger partial charge in [-0.15, -0.1) is 0 Å². The minimum Gasteiger partial charge on any atom is -0.462 e. The fourth-order valence-electron chi connectivity index (χ4n) is 7.59. The van der Waals surface area contributed by atoms with E-state index in [1.54, 1.807) is 0 Å². The number of carbonyl (C=O) groups is 3. The summed E-state index contributed by atoms with van der Waals surface area (Å²) in [6.07, 6.45) is 58.3. The maximum atomic E-state index is 12.8. The molecule has 61 heavy (non-hydrogen) atoms. The first-order valence-corrected chi connectivity index (χ1v) is 26.5. The predicted molar refractivity (Wildman–Crippen MR) is 261 cm³/mol. The zero-order chi connectivity index (χ0) is 44.4. The van der Waals surface area contributed by atoms with Crippen LogP contribution in [0.1, 0.15) is 278 Å². The SMILES string of the molecule is CCCCCC/C=C\C/C=C\CCCCCCCC(=O)OCC(COC(=O)CCCCCCCCCCCCCCC)OC(=O)CCCCCCC/C=C\CCCCCCC. The maximum absolute atomic E-state index is 12.8. The van der Waals surface area contributed by atoms with Gasteiger partial charge in [-0.2, -0.15) is 0 Å². The maximum Gasteiger partial charge on any atom is 0.306 e. The van der Waals surface area contributed by atoms with Crippen molar-refractivity contribution in [2.24, 2.45) is 0 Å². The van der Waals surface area contributed by atoms with Crippen molar-refractivity contribution >= 4 is 17.9 Å². The van der Waals surface area contributed by atoms with Gasteiger partial charge in [0.1, 0.15) is 13.2 Å². The Bertz CT molecular complexity index is 1030. The molecule has 1 atom stereocenters. The number of esters is 3. The second kappa shape index (κ2) is 50.3. The molecule has 0 rings (SSSR count). The molecule has 0 saturated carbocycles. The Morgan fingerprint density at radius 3 is 0.934 bits per heavy atom. The van der Waals surface area contributed by atoms with Crippen molar-refractivity contribution in [1.29, 1.82) is 0 Å². The predicted octanol–water partition coefficient (Wildman–Crippen LogP) is 17.3. The lowest BCUT2D eigenvalue weighted by atomic mass is 10.0. The largest absolute Gasteiger partial charge is 0.462 e. The average Bonchev–Trinajstić information content (AvgIpc) is 3.26. The van der Waals surface area contributed by atoms with E-state index in [4.69, 9.17) is 14.2 Å². The van der Waals surface area contributed by atoms with Crippen LogP contribution in [-0.4, -0.2) is 37.2 Å². The third-order valence-corrected chi connectivity index (χ3v) is 11.6. The molecule has 0 radical (unpaired) electrons. The van der Waals surface area contributed by atoms with Crippen molar-refractivity contribution < 1.29 is 28.6 Å². The second-order valence-electron chi connectivity index (χ2n) is 17.8. The van der Waals surface area contributed by atoms with Crippen molar-refractivity contribution in [3.05, 3.63) is 36.5 Å². The molecule has 0 aromatic carbocycles. The number of allylic oxidation sites excluding steroid dienone is 6. The molecule has 0 aromatic rings. The number of hydrogen-bond acceptors (Lipinski definition) is 6. The number of rotatable bonds is 48. The van der Waals surface area contributed by atoms with Gasteiger partial charge in [0.15, 0.2) is 6.10 Å². The van der Waals surface area contributed by atoms with E-state index in [0.29, 0.717) is 19.3 Å². The minimum atomic E-state index is -0.778. The van der Waals surface area contributed by atoms with E-state index in [0.717, 1.165) is 83.5 Å². The van der Waals surface area contributed by atoms with Crippen molar-refractivity contribution in [3.63, 3.8) is 0 Å². The summed E-state index contributed by atoms with van der Waals surface area (Å²) >= 11 is 0. The van der Waals surface area contributed by atoms with Crippen LogP contribution in [0.4, 0.5) is 0 Å². The van der Waals surface area contributed by atoms with Crippen molar-refractivity contribution in [2.45, 2.75) is 284 Å². The Balaban J connectivity index is 4.38. The summed E-state index contributed by atoms with van der Waals surface area (Å²) in [6, 6.07) is 0. The fraction of sp³-hybridized carbons (Fsp3) is 0.836. The molecule has 6 nitrogen and oxygen atoms in total. The van der Waals surface area contributed by atoms with Crippen LogP contribution in [0.15, 0.2) is 36.5 Å². The number of carbonyl (C=O) groups excluding carboxylic acids is 3. The zero-order valence-electron chi connectivity index (χ0n) is 40.7. The number of unbranched alkanes of at least 4 members (excludes halogenated alkanes) is 31. The normalized spacial score (nSPS) is 12.2. The van der Waals surface area contributed by atoms with Crippen LogP contribution in [0.3, 0.4) is 0 Å². The first-order valence-electron chi connectivity index (χ1n) is 26.5. The summed E-state index contributed by atoms with van der Waals surface area (Å²) in [6.45, 7) is 6.61. The molecule has 0 amide bonds. The van der Waals surface area contributed by atoms with Crippen molar-refractivity contribution in [2.75, 3.05) is 13.2 Å². The van der Waals surface area contributed by atoms with E-state index >= 15 is 0 Å². The van der Waals surface area contributed by atoms with Gasteiger partial charge < -0.3 is 14.2 Å². The van der Waals surface area contributed by atoms with E-state index in [9.17, 15) is 14.4 Å². The lowest BCUT2D eigenvalue weighted by Crippen LogP contribution is -2.30. The molecule has 356 valence electrons.